The summed E-state index contributed by atoms with van der Waals surface area (Å²) in [5.74, 6) is 0.807. The molecule has 0 amide bonds. The summed E-state index contributed by atoms with van der Waals surface area (Å²) in [6, 6.07) is 23.4. The van der Waals surface area contributed by atoms with Crippen molar-refractivity contribution in [1.82, 2.24) is 0 Å². The molecule has 0 spiro atoms. The molecule has 0 saturated carbocycles. The maximum Gasteiger partial charge on any atom is 0.0991 e. The van der Waals surface area contributed by atoms with Gasteiger partial charge in [0.1, 0.15) is 0 Å². The van der Waals surface area contributed by atoms with E-state index in [2.05, 4.69) is 83.1 Å². The molecule has 150 valence electrons. The summed E-state index contributed by atoms with van der Waals surface area (Å²) in [6.45, 7) is 0. The fourth-order valence-electron chi connectivity index (χ4n) is 5.41. The highest BCUT2D eigenvalue weighted by atomic mass is 32.1. The highest BCUT2D eigenvalue weighted by Crippen LogP contribution is 2.57. The fraction of sp³-hybridized carbons (Fsp3) is 0.0690. The number of rotatable bonds is 2. The van der Waals surface area contributed by atoms with E-state index in [0.717, 1.165) is 11.1 Å². The molecular weight excluding hydrogens is 408 g/mol. The van der Waals surface area contributed by atoms with Crippen LogP contribution in [0.25, 0.3) is 27.3 Å². The highest BCUT2D eigenvalue weighted by Gasteiger charge is 2.42. The molecule has 0 saturated heterocycles. The summed E-state index contributed by atoms with van der Waals surface area (Å²) < 4.78 is 1.39. The molecule has 0 N–H and O–H groups in total. The van der Waals surface area contributed by atoms with E-state index < -0.39 is 0 Å². The topological polar surface area (TPSA) is 27.0 Å². The predicted molar refractivity (Wildman–Crippen MR) is 133 cm³/mol. The van der Waals surface area contributed by atoms with E-state index >= 15 is 0 Å². The number of fused-ring (bicyclic) bond motifs is 2. The van der Waals surface area contributed by atoms with Crippen LogP contribution >= 0.6 is 11.3 Å². The van der Waals surface area contributed by atoms with Crippen LogP contribution in [0.5, 0.6) is 0 Å². The Bertz CT molecular complexity index is 1530. The van der Waals surface area contributed by atoms with Crippen LogP contribution in [0.2, 0.25) is 0 Å². The van der Waals surface area contributed by atoms with Crippen LogP contribution < -0.4 is 4.90 Å². The summed E-state index contributed by atoms with van der Waals surface area (Å²) in [6.07, 6.45) is 11.5. The molecule has 2 atom stereocenters. The number of hydrogen-bond acceptors (Lipinski definition) is 3. The van der Waals surface area contributed by atoms with Gasteiger partial charge in [-0.05, 0) is 75.5 Å². The zero-order chi connectivity index (χ0) is 21.2. The van der Waals surface area contributed by atoms with Crippen molar-refractivity contribution in [3.63, 3.8) is 0 Å². The second kappa shape index (κ2) is 6.56. The molecule has 1 aliphatic heterocycles. The molecule has 4 aromatic rings. The Hall–Kier alpha value is -3.87. The Kier molecular flexibility index (Phi) is 3.64. The predicted octanol–water partition coefficient (Wildman–Crippen LogP) is 7.77. The van der Waals surface area contributed by atoms with E-state index in [1.54, 1.807) is 0 Å². The van der Waals surface area contributed by atoms with E-state index in [4.69, 9.17) is 5.26 Å². The highest BCUT2D eigenvalue weighted by molar-refractivity contribution is 7.17. The van der Waals surface area contributed by atoms with E-state index in [1.165, 1.54) is 38.3 Å². The molecule has 3 aromatic carbocycles. The van der Waals surface area contributed by atoms with Crippen molar-refractivity contribution >= 4 is 38.9 Å². The van der Waals surface area contributed by atoms with Gasteiger partial charge in [0.15, 0.2) is 0 Å². The molecule has 2 aliphatic carbocycles. The van der Waals surface area contributed by atoms with Crippen LogP contribution in [-0.4, -0.2) is 0 Å². The van der Waals surface area contributed by atoms with Gasteiger partial charge in [-0.3, -0.25) is 0 Å². The zero-order valence-electron chi connectivity index (χ0n) is 17.2. The van der Waals surface area contributed by atoms with Crippen molar-refractivity contribution in [3.05, 3.63) is 113 Å². The van der Waals surface area contributed by atoms with E-state index in [9.17, 15) is 0 Å². The molecule has 32 heavy (non-hydrogen) atoms. The molecule has 2 nitrogen and oxygen atoms in total. The van der Waals surface area contributed by atoms with Crippen LogP contribution in [-0.2, 0) is 0 Å². The van der Waals surface area contributed by atoms with E-state index in [1.807, 2.05) is 35.6 Å². The van der Waals surface area contributed by atoms with Crippen LogP contribution in [0.4, 0.5) is 11.4 Å². The lowest BCUT2D eigenvalue weighted by molar-refractivity contribution is 0.673. The fourth-order valence-corrected chi connectivity index (χ4v) is 6.33. The maximum absolute atomic E-state index is 9.06. The largest absolute Gasteiger partial charge is 0.313 e. The Balaban J connectivity index is 1.37. The van der Waals surface area contributed by atoms with Gasteiger partial charge in [-0.25, -0.2) is 0 Å². The molecule has 1 aromatic heterocycles. The van der Waals surface area contributed by atoms with Crippen LogP contribution in [0.15, 0.2) is 96.0 Å². The number of anilines is 2. The number of nitrogens with zero attached hydrogens (tertiary/aromatic N) is 2. The van der Waals surface area contributed by atoms with Crippen molar-refractivity contribution in [2.75, 3.05) is 4.90 Å². The van der Waals surface area contributed by atoms with Gasteiger partial charge in [-0.1, -0.05) is 48.6 Å². The number of benzene rings is 3. The monoisotopic (exact) mass is 426 g/mol. The molecular formula is C29H18N2S. The van der Waals surface area contributed by atoms with Crippen LogP contribution in [0.3, 0.4) is 0 Å². The van der Waals surface area contributed by atoms with Crippen molar-refractivity contribution in [3.8, 4) is 17.2 Å². The van der Waals surface area contributed by atoms with E-state index in [-0.39, 0.29) is 0 Å². The van der Waals surface area contributed by atoms with Crippen molar-refractivity contribution in [2.24, 2.45) is 5.92 Å². The zero-order valence-corrected chi connectivity index (χ0v) is 18.0. The van der Waals surface area contributed by atoms with Gasteiger partial charge in [0.2, 0.25) is 0 Å². The van der Waals surface area contributed by atoms with Crippen LogP contribution in [0.1, 0.15) is 22.6 Å². The number of allylic oxidation sites excluding steroid dienone is 5. The van der Waals surface area contributed by atoms with Gasteiger partial charge in [0.05, 0.1) is 17.3 Å². The lowest BCUT2D eigenvalue weighted by atomic mass is 9.77. The lowest BCUT2D eigenvalue weighted by Gasteiger charge is -2.29. The molecule has 3 heteroatoms. The lowest BCUT2D eigenvalue weighted by Crippen LogP contribution is -2.19. The molecule has 0 bridgehead atoms. The maximum atomic E-state index is 9.06. The Labute approximate surface area is 190 Å². The summed E-state index contributed by atoms with van der Waals surface area (Å²) in [7, 11) is 0. The molecule has 2 heterocycles. The van der Waals surface area contributed by atoms with Gasteiger partial charge in [0, 0.05) is 27.9 Å². The number of thiophene rings is 1. The summed E-state index contributed by atoms with van der Waals surface area (Å²) in [4.78, 5) is 2.45. The molecule has 7 rings (SSSR count). The van der Waals surface area contributed by atoms with Crippen molar-refractivity contribution in [1.29, 1.82) is 5.26 Å². The third-order valence-corrected chi connectivity index (χ3v) is 7.83. The minimum atomic E-state index is 0.389. The number of nitriles is 1. The van der Waals surface area contributed by atoms with Gasteiger partial charge >= 0.3 is 0 Å². The first kappa shape index (κ1) is 17.8. The van der Waals surface area contributed by atoms with Gasteiger partial charge in [-0.2, -0.15) is 5.26 Å². The summed E-state index contributed by atoms with van der Waals surface area (Å²) in [5, 5.41) is 12.6. The van der Waals surface area contributed by atoms with Crippen molar-refractivity contribution in [2.45, 2.75) is 5.92 Å². The third-order valence-electron chi connectivity index (χ3n) is 6.87. The molecule has 0 fully saturated rings. The first-order valence-corrected chi connectivity index (χ1v) is 11.7. The quantitative estimate of drug-likeness (QED) is 0.327. The van der Waals surface area contributed by atoms with Crippen molar-refractivity contribution < 1.29 is 0 Å². The first-order valence-electron chi connectivity index (χ1n) is 10.8. The Morgan fingerprint density at radius 3 is 2.47 bits per heavy atom. The van der Waals surface area contributed by atoms with Gasteiger partial charge in [0.25, 0.3) is 0 Å². The molecule has 3 aliphatic rings. The smallest absolute Gasteiger partial charge is 0.0991 e. The Morgan fingerprint density at radius 2 is 1.69 bits per heavy atom. The van der Waals surface area contributed by atoms with Gasteiger partial charge < -0.3 is 4.90 Å². The average molecular weight is 427 g/mol. The number of hydrogen-bond donors (Lipinski definition) is 0. The Morgan fingerprint density at radius 1 is 0.906 bits per heavy atom. The summed E-state index contributed by atoms with van der Waals surface area (Å²) >= 11 is 1.84. The second-order valence-corrected chi connectivity index (χ2v) is 9.44. The average Bonchev–Trinajstić information content (AvgIpc) is 3.46. The van der Waals surface area contributed by atoms with E-state index in [0.29, 0.717) is 17.4 Å². The summed E-state index contributed by atoms with van der Waals surface area (Å²) in [5.41, 5.74) is 9.70. The third kappa shape index (κ3) is 2.39. The first-order chi connectivity index (χ1) is 15.8. The second-order valence-electron chi connectivity index (χ2n) is 8.52. The molecule has 0 radical (unpaired) electrons. The normalized spacial score (nSPS) is 19.7. The standard InChI is InChI=1S/C29H18N2S/c30-17-18-4-6-19(7-5-18)20-8-11-23(12-9-20)31-25-3-1-2-21-10-13-24-28(27(21)25)26(31)16-22-14-15-32-29(22)24/h1-16,21,27H/t21-,27?/m0/s1. The minimum absolute atomic E-state index is 0.389. The molecule has 1 unspecified atom stereocenters. The minimum Gasteiger partial charge on any atom is -0.313 e. The van der Waals surface area contributed by atoms with Crippen LogP contribution in [0, 0.1) is 17.2 Å². The van der Waals surface area contributed by atoms with Gasteiger partial charge in [-0.15, -0.1) is 11.3 Å². The SMILES string of the molecule is N#Cc1ccc(-c2ccc(N3C4=CC=C[C@H]5C=Cc6c(c3cc3ccsc63)C45)cc2)cc1.